The Morgan fingerprint density at radius 3 is 2.54 bits per heavy atom. The highest BCUT2D eigenvalue weighted by Crippen LogP contribution is 2.39. The van der Waals surface area contributed by atoms with Gasteiger partial charge in [0.1, 0.15) is 0 Å². The van der Waals surface area contributed by atoms with E-state index in [1.807, 2.05) is 0 Å². The second-order valence-electron chi connectivity index (χ2n) is 9.58. The summed E-state index contributed by atoms with van der Waals surface area (Å²) >= 11 is 12.4. The van der Waals surface area contributed by atoms with Gasteiger partial charge in [0.05, 0.1) is 44.7 Å². The molecule has 0 saturated carbocycles. The van der Waals surface area contributed by atoms with E-state index < -0.39 is 79.9 Å². The highest BCUT2D eigenvalue weighted by Gasteiger charge is 2.38. The smallest absolute Gasteiger partial charge is 0.416 e. The molecule has 1 amide bonds. The summed E-state index contributed by atoms with van der Waals surface area (Å²) in [6.45, 7) is 1.36. The molecule has 0 spiro atoms. The van der Waals surface area contributed by atoms with Crippen LogP contribution in [0.15, 0.2) is 38.8 Å². The molecule has 4 rings (SSSR count). The van der Waals surface area contributed by atoms with E-state index in [1.165, 1.54) is 25.1 Å². The van der Waals surface area contributed by atoms with Gasteiger partial charge in [-0.25, -0.2) is 18.0 Å². The number of aromatic amines is 1. The summed E-state index contributed by atoms with van der Waals surface area (Å²) in [5.41, 5.74) is -4.30. The fraction of sp³-hybridized carbons (Fsp3) is 0.400. The molecule has 2 atom stereocenters. The van der Waals surface area contributed by atoms with E-state index in [9.17, 15) is 41.1 Å². The molecule has 1 aliphatic rings. The molecule has 16 heteroatoms. The lowest BCUT2D eigenvalue weighted by Crippen LogP contribution is -2.48. The third-order valence-electron chi connectivity index (χ3n) is 7.01. The van der Waals surface area contributed by atoms with Gasteiger partial charge < -0.3 is 20.7 Å². The summed E-state index contributed by atoms with van der Waals surface area (Å²) in [5.74, 6) is -0.286. The summed E-state index contributed by atoms with van der Waals surface area (Å²) < 4.78 is 68.6. The number of hydrogen-bond acceptors (Lipinski definition) is 6. The van der Waals surface area contributed by atoms with Crippen molar-refractivity contribution in [2.45, 2.75) is 55.9 Å². The summed E-state index contributed by atoms with van der Waals surface area (Å²) in [6, 6.07) is 2.92. The van der Waals surface area contributed by atoms with Gasteiger partial charge in [-0.3, -0.25) is 9.36 Å². The summed E-state index contributed by atoms with van der Waals surface area (Å²) in [5, 5.41) is 13.6. The number of benzene rings is 2. The largest absolute Gasteiger partial charge is 0.465 e. The first kappa shape index (κ1) is 30.9. The molecular formula is C25H25Cl2F3N4O6S. The van der Waals surface area contributed by atoms with Crippen molar-refractivity contribution in [1.82, 2.24) is 20.2 Å². The molecule has 1 saturated heterocycles. The number of carboxylic acid groups (broad SMARTS) is 1. The van der Waals surface area contributed by atoms with E-state index >= 15 is 0 Å². The van der Waals surface area contributed by atoms with Gasteiger partial charge in [0.2, 0.25) is 0 Å². The number of rotatable bonds is 8. The number of carbonyl (C=O) groups is 1. The van der Waals surface area contributed by atoms with Gasteiger partial charge in [0.15, 0.2) is 9.84 Å². The molecule has 1 fully saturated rings. The topological polar surface area (TPSA) is 150 Å². The van der Waals surface area contributed by atoms with E-state index in [-0.39, 0.29) is 26.8 Å². The van der Waals surface area contributed by atoms with Gasteiger partial charge >= 0.3 is 18.0 Å². The fourth-order valence-corrected chi connectivity index (χ4v) is 6.65. The number of hydrogen-bond donors (Lipinski definition) is 4. The van der Waals surface area contributed by atoms with Crippen molar-refractivity contribution < 1.29 is 31.5 Å². The lowest BCUT2D eigenvalue weighted by Gasteiger charge is -2.26. The van der Waals surface area contributed by atoms with Crippen molar-refractivity contribution >= 4 is 50.0 Å². The first-order valence-corrected chi connectivity index (χ1v) is 14.8. The van der Waals surface area contributed by atoms with E-state index in [0.29, 0.717) is 30.0 Å². The molecule has 0 bridgehead atoms. The molecule has 1 unspecified atom stereocenters. The molecule has 0 radical (unpaired) electrons. The number of alkyl halides is 3. The molecule has 10 nitrogen and oxygen atoms in total. The zero-order valence-electron chi connectivity index (χ0n) is 21.4. The van der Waals surface area contributed by atoms with Crippen LogP contribution in [-0.4, -0.2) is 53.5 Å². The Bertz CT molecular complexity index is 1730. The standard InChI is InChI=1S/C25H25Cl2F3N4O6S/c1-2-41(39,40)19-6-5-13(26)8-12(19)11-34-22(35)15-9-16(25(28,29)30)14(20(27)21(15)33-23(34)36)10-18(32-24(37)38)17-4-3-7-31-17/h5-6,8-9,17-18,31-32H,2-4,7,10-11H2,1H3,(H,33,36)(H,37,38)/t17?,18-/m0/s1. The maximum atomic E-state index is 14.3. The quantitative estimate of drug-likeness (QED) is 0.294. The zero-order chi connectivity index (χ0) is 30.3. The Morgan fingerprint density at radius 2 is 1.95 bits per heavy atom. The van der Waals surface area contributed by atoms with Crippen LogP contribution >= 0.6 is 23.2 Å². The van der Waals surface area contributed by atoms with Crippen molar-refractivity contribution in [3.05, 3.63) is 71.8 Å². The maximum Gasteiger partial charge on any atom is 0.416 e. The minimum absolute atomic E-state index is 0.00304. The van der Waals surface area contributed by atoms with Crippen LogP contribution in [-0.2, 0) is 29.0 Å². The molecule has 3 aromatic rings. The van der Waals surface area contributed by atoms with Crippen molar-refractivity contribution in [2.75, 3.05) is 12.3 Å². The number of H-pyrrole nitrogens is 1. The number of nitrogens with one attached hydrogen (secondary N) is 3. The van der Waals surface area contributed by atoms with Crippen molar-refractivity contribution in [3.8, 4) is 0 Å². The van der Waals surface area contributed by atoms with Gasteiger partial charge in [-0.15, -0.1) is 0 Å². The van der Waals surface area contributed by atoms with Crippen LogP contribution in [0.5, 0.6) is 0 Å². The minimum atomic E-state index is -4.99. The number of amides is 1. The van der Waals surface area contributed by atoms with Crippen molar-refractivity contribution in [2.24, 2.45) is 0 Å². The number of sulfone groups is 1. The van der Waals surface area contributed by atoms with E-state index in [0.717, 1.165) is 0 Å². The lowest BCUT2D eigenvalue weighted by molar-refractivity contribution is -0.138. The first-order chi connectivity index (χ1) is 19.1. The number of nitrogens with zero attached hydrogens (tertiary/aromatic N) is 1. The van der Waals surface area contributed by atoms with Gasteiger partial charge in [-0.1, -0.05) is 30.1 Å². The minimum Gasteiger partial charge on any atom is -0.465 e. The lowest BCUT2D eigenvalue weighted by atomic mass is 9.93. The molecular weight excluding hydrogens is 612 g/mol. The number of halogens is 5. The molecule has 1 aliphatic heterocycles. The summed E-state index contributed by atoms with van der Waals surface area (Å²) in [4.78, 5) is 40.0. The zero-order valence-corrected chi connectivity index (χ0v) is 23.8. The third-order valence-corrected chi connectivity index (χ3v) is 9.49. The predicted octanol–water partition coefficient (Wildman–Crippen LogP) is 3.79. The monoisotopic (exact) mass is 636 g/mol. The molecule has 1 aromatic heterocycles. The Kier molecular flexibility index (Phi) is 8.79. The van der Waals surface area contributed by atoms with Crippen LogP contribution in [0.2, 0.25) is 10.0 Å². The SMILES string of the molecule is CCS(=O)(=O)c1ccc(Cl)cc1Cn1c(=O)[nH]c2c(Cl)c(C[C@H](NC(=O)O)C3CCCN3)c(C(F)(F)F)cc2c1=O. The van der Waals surface area contributed by atoms with Crippen molar-refractivity contribution in [3.63, 3.8) is 0 Å². The molecule has 2 heterocycles. The van der Waals surface area contributed by atoms with Crippen LogP contribution in [0.25, 0.3) is 10.9 Å². The Hall–Kier alpha value is -3.07. The first-order valence-electron chi connectivity index (χ1n) is 12.4. The Labute approximate surface area is 241 Å². The van der Waals surface area contributed by atoms with Crippen LogP contribution in [0, 0.1) is 0 Å². The highest BCUT2D eigenvalue weighted by atomic mass is 35.5. The molecule has 4 N–H and O–H groups in total. The Balaban J connectivity index is 1.90. The van der Waals surface area contributed by atoms with Crippen molar-refractivity contribution in [1.29, 1.82) is 0 Å². The van der Waals surface area contributed by atoms with Gasteiger partial charge in [0, 0.05) is 11.1 Å². The second kappa shape index (κ2) is 11.7. The van der Waals surface area contributed by atoms with E-state index in [2.05, 4.69) is 15.6 Å². The van der Waals surface area contributed by atoms with E-state index in [1.54, 1.807) is 0 Å². The third kappa shape index (κ3) is 6.40. The Morgan fingerprint density at radius 1 is 1.24 bits per heavy atom. The van der Waals surface area contributed by atoms with Crippen LogP contribution in [0.4, 0.5) is 18.0 Å². The van der Waals surface area contributed by atoms with Crippen LogP contribution in [0.1, 0.15) is 36.5 Å². The van der Waals surface area contributed by atoms with Crippen LogP contribution < -0.4 is 21.9 Å². The average Bonchev–Trinajstić information content (AvgIpc) is 3.42. The summed E-state index contributed by atoms with van der Waals surface area (Å²) in [6.07, 6.45) is -5.69. The average molecular weight is 637 g/mol. The second-order valence-corrected chi connectivity index (χ2v) is 12.6. The van der Waals surface area contributed by atoms with E-state index in [4.69, 9.17) is 23.2 Å². The van der Waals surface area contributed by atoms with Gasteiger partial charge in [-0.2, -0.15) is 13.2 Å². The number of aromatic nitrogens is 2. The summed E-state index contributed by atoms with van der Waals surface area (Å²) in [7, 11) is -3.81. The molecule has 222 valence electrons. The van der Waals surface area contributed by atoms with Crippen LogP contribution in [0.3, 0.4) is 0 Å². The molecule has 0 aliphatic carbocycles. The molecule has 2 aromatic carbocycles. The van der Waals surface area contributed by atoms with Gasteiger partial charge in [0.25, 0.3) is 5.56 Å². The predicted molar refractivity (Wildman–Crippen MR) is 147 cm³/mol. The van der Waals surface area contributed by atoms with Gasteiger partial charge in [-0.05, 0) is 61.2 Å². The normalized spacial score (nSPS) is 16.7. The maximum absolute atomic E-state index is 14.3. The molecule has 41 heavy (non-hydrogen) atoms. The number of fused-ring (bicyclic) bond motifs is 1. The fourth-order valence-electron chi connectivity index (χ4n) is 5.02. The highest BCUT2D eigenvalue weighted by molar-refractivity contribution is 7.91.